The Kier molecular flexibility index (Phi) is 48.0. The van der Waals surface area contributed by atoms with Gasteiger partial charge in [-0.05, 0) is 118 Å². The molecule has 4 N–H and O–H groups in total. The van der Waals surface area contributed by atoms with Crippen LogP contribution in [0.25, 0.3) is 11.1 Å². The van der Waals surface area contributed by atoms with E-state index in [-0.39, 0.29) is 142 Å². The molecule has 1 unspecified atom stereocenters. The molecule has 4 amide bonds. The molecule has 1 aliphatic carbocycles. The van der Waals surface area contributed by atoms with E-state index in [0.29, 0.717) is 138 Å². The standard InChI is InChI=1S/C80H134N8O24/c1-77(2,3)109-71(91)58-85-29-31-86(59-72(92)110-78(4,5)6)33-35-88(36-34-87(32-30-85)60-73(93)111-79(7,8)9)68(75(95)112-80(10,11)12)23-25-70(90)82-27-38-99-43-46-103-50-53-106-55-52-104-47-44-100-39-28-83-74(94)67(84-76(96)108-61-66-64-20-16-14-18-62(64)63-19-15-17-21-65(63)66)22-24-69(89)81-26-37-98-42-45-102-51-54-107-57-56-105-49-48-101-41-40-97-13/h14-21,66-68H,22-61H2,1-13H3,(H,81,89)(H,82,90)(H,83,94)(H,84,96)/t67-,68?/m0/s1. The van der Waals surface area contributed by atoms with Gasteiger partial charge in [-0.2, -0.15) is 0 Å². The maximum atomic E-state index is 14.3. The molecule has 0 saturated carbocycles. The van der Waals surface area contributed by atoms with E-state index in [1.54, 1.807) is 90.2 Å². The third-order valence-corrected chi connectivity index (χ3v) is 16.7. The predicted molar refractivity (Wildman–Crippen MR) is 418 cm³/mol. The minimum Gasteiger partial charge on any atom is -0.459 e. The van der Waals surface area contributed by atoms with Crippen molar-refractivity contribution in [3.05, 3.63) is 59.7 Å². The Hall–Kier alpha value is -6.60. The second-order valence-electron chi connectivity index (χ2n) is 30.9. The highest BCUT2D eigenvalue weighted by atomic mass is 16.6. The van der Waals surface area contributed by atoms with Crippen LogP contribution in [-0.2, 0) is 109 Å². The summed E-state index contributed by atoms with van der Waals surface area (Å²) < 4.78 is 89.6. The van der Waals surface area contributed by atoms with Gasteiger partial charge < -0.3 is 97.1 Å². The number of nitrogens with zero attached hydrogens (tertiary/aromatic N) is 4. The molecule has 1 saturated heterocycles. The van der Waals surface area contributed by atoms with Crippen LogP contribution in [0, 0.1) is 0 Å². The molecule has 32 heteroatoms. The number of carbonyl (C=O) groups is 8. The number of hydrogen-bond acceptors (Lipinski definition) is 28. The van der Waals surface area contributed by atoms with Crippen molar-refractivity contribution in [2.75, 3.05) is 244 Å². The predicted octanol–water partition coefficient (Wildman–Crippen LogP) is 4.57. The number of nitrogens with one attached hydrogen (secondary N) is 4. The quantitative estimate of drug-likeness (QED) is 0.0400. The van der Waals surface area contributed by atoms with E-state index in [4.69, 9.17) is 75.8 Å². The van der Waals surface area contributed by atoms with Gasteiger partial charge in [0.1, 0.15) is 41.1 Å². The van der Waals surface area contributed by atoms with Crippen LogP contribution >= 0.6 is 0 Å². The summed E-state index contributed by atoms with van der Waals surface area (Å²) in [5.41, 5.74) is 1.23. The Balaban J connectivity index is 1.13. The molecule has 1 fully saturated rings. The first-order valence-electron chi connectivity index (χ1n) is 39.4. The number of fused-ring (bicyclic) bond motifs is 3. The fourth-order valence-electron chi connectivity index (χ4n) is 11.6. The van der Waals surface area contributed by atoms with Crippen LogP contribution in [0.2, 0.25) is 0 Å². The van der Waals surface area contributed by atoms with Crippen LogP contribution in [0.3, 0.4) is 0 Å². The van der Waals surface area contributed by atoms with Gasteiger partial charge in [0.15, 0.2) is 0 Å². The van der Waals surface area contributed by atoms with E-state index in [2.05, 4.69) is 21.3 Å². The molecule has 0 bridgehead atoms. The van der Waals surface area contributed by atoms with Crippen molar-refractivity contribution in [2.24, 2.45) is 0 Å². The van der Waals surface area contributed by atoms with E-state index in [0.717, 1.165) is 22.3 Å². The molecule has 2 atom stereocenters. The van der Waals surface area contributed by atoms with E-state index < -0.39 is 70.4 Å². The van der Waals surface area contributed by atoms with Gasteiger partial charge in [-0.15, -0.1) is 0 Å². The number of alkyl carbamates (subject to hydrolysis) is 1. The molecular weight excluding hydrogens is 1460 g/mol. The van der Waals surface area contributed by atoms with E-state index >= 15 is 0 Å². The minimum absolute atomic E-state index is 0.00101. The fraction of sp³-hybridized carbons (Fsp3) is 0.750. The van der Waals surface area contributed by atoms with Crippen molar-refractivity contribution in [3.63, 3.8) is 0 Å². The molecule has 2 aromatic rings. The zero-order chi connectivity index (χ0) is 82.1. The maximum Gasteiger partial charge on any atom is 0.407 e. The Morgan fingerprint density at radius 2 is 0.705 bits per heavy atom. The van der Waals surface area contributed by atoms with Gasteiger partial charge in [0.25, 0.3) is 0 Å². The number of esters is 4. The smallest absolute Gasteiger partial charge is 0.407 e. The average molecular weight is 1590 g/mol. The van der Waals surface area contributed by atoms with E-state index in [1.165, 1.54) is 0 Å². The largest absolute Gasteiger partial charge is 0.459 e. The zero-order valence-electron chi connectivity index (χ0n) is 69.2. The third kappa shape index (κ3) is 46.7. The molecule has 0 spiro atoms. The highest BCUT2D eigenvalue weighted by Gasteiger charge is 2.35. The van der Waals surface area contributed by atoms with Crippen LogP contribution in [0.1, 0.15) is 126 Å². The summed E-state index contributed by atoms with van der Waals surface area (Å²) in [7, 11) is 1.62. The van der Waals surface area contributed by atoms with E-state index in [9.17, 15) is 38.4 Å². The number of methoxy groups -OCH3 is 1. The van der Waals surface area contributed by atoms with Crippen molar-refractivity contribution in [1.82, 2.24) is 40.9 Å². The Morgan fingerprint density at radius 3 is 1.05 bits per heavy atom. The molecule has 2 aromatic carbocycles. The first kappa shape index (κ1) is 97.8. The molecule has 4 rings (SSSR count). The summed E-state index contributed by atoms with van der Waals surface area (Å²) in [6, 6.07) is 14.0. The second kappa shape index (κ2) is 55.0. The summed E-state index contributed by atoms with van der Waals surface area (Å²) in [6.07, 6.45) is -0.761. The second-order valence-corrected chi connectivity index (χ2v) is 30.9. The summed E-state index contributed by atoms with van der Waals surface area (Å²) in [5, 5.41) is 11.2. The molecule has 2 aliphatic rings. The zero-order valence-corrected chi connectivity index (χ0v) is 69.2. The number of ether oxygens (including phenoxy) is 16. The van der Waals surface area contributed by atoms with Gasteiger partial charge in [0.2, 0.25) is 17.7 Å². The van der Waals surface area contributed by atoms with Crippen LogP contribution < -0.4 is 21.3 Å². The van der Waals surface area contributed by atoms with Crippen molar-refractivity contribution in [1.29, 1.82) is 0 Å². The Bertz CT molecular complexity index is 2920. The Labute approximate surface area is 664 Å². The molecule has 1 aliphatic heterocycles. The van der Waals surface area contributed by atoms with Gasteiger partial charge in [-0.1, -0.05) is 48.5 Å². The molecule has 1 heterocycles. The lowest BCUT2D eigenvalue weighted by molar-refractivity contribution is -0.163. The monoisotopic (exact) mass is 1590 g/mol. The van der Waals surface area contributed by atoms with Crippen LogP contribution in [-0.4, -0.2) is 346 Å². The maximum absolute atomic E-state index is 14.3. The number of hydrogen-bond donors (Lipinski definition) is 4. The SMILES string of the molecule is COCCOCCOCCOCCOCCOCCNC(=O)CC[C@H](NC(=O)OCC1c2ccccc2-c2ccccc21)C(=O)NCCOCCOCCOCCOCCOCCNC(=O)CCC(C(=O)OC(C)(C)C)N1CCN(CC(=O)OC(C)(C)C)CCN(CC(=O)OC(C)(C)C)CCN(CC(=O)OC(C)(C)C)CC1. The lowest BCUT2D eigenvalue weighted by atomic mass is 9.98. The molecule has 0 radical (unpaired) electrons. The van der Waals surface area contributed by atoms with Gasteiger partial charge in [0.05, 0.1) is 158 Å². The molecular formula is C80H134N8O24. The lowest BCUT2D eigenvalue weighted by Crippen LogP contribution is -2.53. The minimum atomic E-state index is -1.09. The van der Waals surface area contributed by atoms with Gasteiger partial charge in [-0.3, -0.25) is 53.2 Å². The van der Waals surface area contributed by atoms with Crippen molar-refractivity contribution in [2.45, 2.75) is 149 Å². The third-order valence-electron chi connectivity index (χ3n) is 16.7. The normalized spacial score (nSPS) is 15.0. The Morgan fingerprint density at radius 1 is 0.393 bits per heavy atom. The molecule has 112 heavy (non-hydrogen) atoms. The average Bonchev–Trinajstić information content (AvgIpc) is 1.62. The first-order valence-corrected chi connectivity index (χ1v) is 39.4. The van der Waals surface area contributed by atoms with Crippen LogP contribution in [0.15, 0.2) is 48.5 Å². The van der Waals surface area contributed by atoms with Crippen molar-refractivity contribution >= 4 is 47.7 Å². The number of benzene rings is 2. The van der Waals surface area contributed by atoms with Gasteiger partial charge in [-0.25, -0.2) is 4.79 Å². The highest BCUT2D eigenvalue weighted by molar-refractivity contribution is 5.87. The summed E-state index contributed by atoms with van der Waals surface area (Å²) >= 11 is 0. The topological polar surface area (TPSA) is 345 Å². The highest BCUT2D eigenvalue weighted by Crippen LogP contribution is 2.44. The van der Waals surface area contributed by atoms with E-state index in [1.807, 2.05) is 68.1 Å². The van der Waals surface area contributed by atoms with Crippen LogP contribution in [0.5, 0.6) is 0 Å². The molecule has 32 nitrogen and oxygen atoms in total. The number of amides is 4. The van der Waals surface area contributed by atoms with Crippen LogP contribution in [0.4, 0.5) is 4.79 Å². The van der Waals surface area contributed by atoms with Gasteiger partial charge in [0, 0.05) is 97.9 Å². The molecule has 0 aromatic heterocycles. The number of rotatable bonds is 54. The summed E-state index contributed by atoms with van der Waals surface area (Å²) in [5.74, 6) is -3.09. The first-order chi connectivity index (χ1) is 53.4. The summed E-state index contributed by atoms with van der Waals surface area (Å²) in [6.45, 7) is 32.1. The summed E-state index contributed by atoms with van der Waals surface area (Å²) in [4.78, 5) is 115. The van der Waals surface area contributed by atoms with Crippen molar-refractivity contribution < 1.29 is 114 Å². The molecule has 638 valence electrons. The van der Waals surface area contributed by atoms with Gasteiger partial charge >= 0.3 is 30.0 Å². The fourth-order valence-corrected chi connectivity index (χ4v) is 11.6. The number of carbonyl (C=O) groups excluding carboxylic acids is 8. The lowest BCUT2D eigenvalue weighted by Gasteiger charge is -2.37. The van der Waals surface area contributed by atoms with Crippen molar-refractivity contribution in [3.8, 4) is 11.1 Å².